The van der Waals surface area contributed by atoms with Gasteiger partial charge in [0.15, 0.2) is 0 Å². The molecule has 1 heterocycles. The molecule has 17 heavy (non-hydrogen) atoms. The molecule has 6 nitrogen and oxygen atoms in total. The first kappa shape index (κ1) is 13.2. The Morgan fingerprint density at radius 1 is 1.53 bits per heavy atom. The summed E-state index contributed by atoms with van der Waals surface area (Å²) in [5, 5.41) is 2.97. The minimum absolute atomic E-state index is 0.0399. The van der Waals surface area contributed by atoms with Crippen LogP contribution in [-0.4, -0.2) is 41.4 Å². The molecule has 0 saturated carbocycles. The SMILES string of the molecule is CCc1nc(NCCC(=O)N(C)C)cc(=O)[nH]1. The van der Waals surface area contributed by atoms with Gasteiger partial charge in [0.05, 0.1) is 0 Å². The Kier molecular flexibility index (Phi) is 4.68. The number of anilines is 1. The number of nitrogens with zero attached hydrogens (tertiary/aromatic N) is 2. The lowest BCUT2D eigenvalue weighted by Crippen LogP contribution is -2.24. The number of amides is 1. The molecule has 0 spiro atoms. The van der Waals surface area contributed by atoms with E-state index in [0.717, 1.165) is 0 Å². The van der Waals surface area contributed by atoms with E-state index >= 15 is 0 Å². The van der Waals surface area contributed by atoms with E-state index in [1.807, 2.05) is 6.92 Å². The number of rotatable bonds is 5. The lowest BCUT2D eigenvalue weighted by atomic mass is 10.3. The van der Waals surface area contributed by atoms with E-state index < -0.39 is 0 Å². The quantitative estimate of drug-likeness (QED) is 0.769. The minimum atomic E-state index is -0.182. The molecule has 0 aliphatic heterocycles. The summed E-state index contributed by atoms with van der Waals surface area (Å²) in [4.78, 5) is 31.0. The molecule has 0 aliphatic carbocycles. The van der Waals surface area contributed by atoms with Crippen molar-refractivity contribution in [3.63, 3.8) is 0 Å². The van der Waals surface area contributed by atoms with Crippen LogP contribution in [0.2, 0.25) is 0 Å². The van der Waals surface area contributed by atoms with Crippen LogP contribution >= 0.6 is 0 Å². The molecule has 1 amide bonds. The van der Waals surface area contributed by atoms with Gasteiger partial charge in [0.2, 0.25) is 5.91 Å². The molecular formula is C11H18N4O2. The maximum atomic E-state index is 11.3. The van der Waals surface area contributed by atoms with E-state index in [1.54, 1.807) is 14.1 Å². The van der Waals surface area contributed by atoms with Crippen LogP contribution in [0, 0.1) is 0 Å². The predicted octanol–water partition coefficient (Wildman–Crippen LogP) is 0.222. The average Bonchev–Trinajstić information content (AvgIpc) is 2.27. The molecule has 0 radical (unpaired) electrons. The second-order valence-electron chi connectivity index (χ2n) is 3.90. The Morgan fingerprint density at radius 2 is 2.24 bits per heavy atom. The van der Waals surface area contributed by atoms with Crippen LogP contribution in [0.25, 0.3) is 0 Å². The predicted molar refractivity (Wildman–Crippen MR) is 66.0 cm³/mol. The van der Waals surface area contributed by atoms with Gasteiger partial charge < -0.3 is 15.2 Å². The number of aryl methyl sites for hydroxylation is 1. The zero-order valence-corrected chi connectivity index (χ0v) is 10.4. The highest BCUT2D eigenvalue weighted by Gasteiger charge is 2.04. The Morgan fingerprint density at radius 3 is 2.82 bits per heavy atom. The van der Waals surface area contributed by atoms with Crippen LogP contribution in [0.15, 0.2) is 10.9 Å². The fourth-order valence-electron chi connectivity index (χ4n) is 1.29. The summed E-state index contributed by atoms with van der Waals surface area (Å²) in [6.07, 6.45) is 1.05. The van der Waals surface area contributed by atoms with Gasteiger partial charge >= 0.3 is 0 Å². The van der Waals surface area contributed by atoms with Gasteiger partial charge in [-0.1, -0.05) is 6.92 Å². The fraction of sp³-hybridized carbons (Fsp3) is 0.545. The lowest BCUT2D eigenvalue weighted by molar-refractivity contribution is -0.128. The normalized spacial score (nSPS) is 10.1. The zero-order chi connectivity index (χ0) is 12.8. The van der Waals surface area contributed by atoms with Crippen LogP contribution in [0.1, 0.15) is 19.2 Å². The van der Waals surface area contributed by atoms with E-state index in [2.05, 4.69) is 15.3 Å². The Labute approximate surface area is 100 Å². The van der Waals surface area contributed by atoms with Crippen molar-refractivity contribution in [2.75, 3.05) is 26.0 Å². The average molecular weight is 238 g/mol. The number of H-pyrrole nitrogens is 1. The number of hydrogen-bond donors (Lipinski definition) is 2. The zero-order valence-electron chi connectivity index (χ0n) is 10.4. The van der Waals surface area contributed by atoms with E-state index in [-0.39, 0.29) is 11.5 Å². The van der Waals surface area contributed by atoms with Crippen molar-refractivity contribution in [1.29, 1.82) is 0 Å². The van der Waals surface area contributed by atoms with Gasteiger partial charge in [-0.2, -0.15) is 0 Å². The number of carbonyl (C=O) groups excluding carboxylic acids is 1. The van der Waals surface area contributed by atoms with Crippen molar-refractivity contribution < 1.29 is 4.79 Å². The highest BCUT2D eigenvalue weighted by atomic mass is 16.2. The number of aromatic amines is 1. The third-order valence-electron chi connectivity index (χ3n) is 2.27. The van der Waals surface area contributed by atoms with Gasteiger partial charge in [-0.15, -0.1) is 0 Å². The van der Waals surface area contributed by atoms with Crippen molar-refractivity contribution in [2.24, 2.45) is 0 Å². The minimum Gasteiger partial charge on any atom is -0.369 e. The van der Waals surface area contributed by atoms with E-state index in [9.17, 15) is 9.59 Å². The molecule has 6 heteroatoms. The first-order valence-electron chi connectivity index (χ1n) is 5.57. The standard InChI is InChI=1S/C11H18N4O2/c1-4-8-13-9(7-10(16)14-8)12-6-5-11(17)15(2)3/h7H,4-6H2,1-3H3,(H2,12,13,14,16). The van der Waals surface area contributed by atoms with Crippen LogP contribution in [0.3, 0.4) is 0 Å². The molecule has 2 N–H and O–H groups in total. The third-order valence-corrected chi connectivity index (χ3v) is 2.27. The highest BCUT2D eigenvalue weighted by Crippen LogP contribution is 1.99. The summed E-state index contributed by atoms with van der Waals surface area (Å²) in [6.45, 7) is 2.38. The van der Waals surface area contributed by atoms with E-state index in [1.165, 1.54) is 11.0 Å². The number of hydrogen-bond acceptors (Lipinski definition) is 4. The van der Waals surface area contributed by atoms with Crippen molar-refractivity contribution in [3.05, 3.63) is 22.2 Å². The van der Waals surface area contributed by atoms with Crippen LogP contribution in [0.5, 0.6) is 0 Å². The second kappa shape index (κ2) is 6.03. The summed E-state index contributed by atoms with van der Waals surface area (Å²) in [5.41, 5.74) is -0.182. The maximum absolute atomic E-state index is 11.3. The van der Waals surface area contributed by atoms with Gasteiger partial charge in [0.25, 0.3) is 5.56 Å². The Hall–Kier alpha value is -1.85. The Balaban J connectivity index is 2.55. The molecule has 1 aromatic rings. The summed E-state index contributed by atoms with van der Waals surface area (Å²) in [5.74, 6) is 1.19. The topological polar surface area (TPSA) is 78.1 Å². The van der Waals surface area contributed by atoms with E-state index in [4.69, 9.17) is 0 Å². The van der Waals surface area contributed by atoms with Gasteiger partial charge in [0, 0.05) is 39.5 Å². The molecule has 0 aliphatic rings. The van der Waals surface area contributed by atoms with Crippen molar-refractivity contribution >= 4 is 11.7 Å². The monoisotopic (exact) mass is 238 g/mol. The fourth-order valence-corrected chi connectivity index (χ4v) is 1.29. The van der Waals surface area contributed by atoms with Crippen LogP contribution < -0.4 is 10.9 Å². The summed E-state index contributed by atoms with van der Waals surface area (Å²) >= 11 is 0. The smallest absolute Gasteiger partial charge is 0.252 e. The molecule has 0 saturated heterocycles. The molecule has 94 valence electrons. The molecule has 1 aromatic heterocycles. The molecule has 0 unspecified atom stereocenters. The van der Waals surface area contributed by atoms with Gasteiger partial charge in [-0.05, 0) is 0 Å². The lowest BCUT2D eigenvalue weighted by Gasteiger charge is -2.10. The van der Waals surface area contributed by atoms with Crippen LogP contribution in [-0.2, 0) is 11.2 Å². The maximum Gasteiger partial charge on any atom is 0.252 e. The first-order valence-corrected chi connectivity index (χ1v) is 5.57. The van der Waals surface area contributed by atoms with Crippen LogP contribution in [0.4, 0.5) is 5.82 Å². The second-order valence-corrected chi connectivity index (χ2v) is 3.90. The molecule has 0 atom stereocenters. The van der Waals surface area contributed by atoms with Gasteiger partial charge in [-0.3, -0.25) is 9.59 Å². The summed E-state index contributed by atoms with van der Waals surface area (Å²) in [6, 6.07) is 1.39. The third kappa shape index (κ3) is 4.26. The number of nitrogens with one attached hydrogen (secondary N) is 2. The van der Waals surface area contributed by atoms with E-state index in [0.29, 0.717) is 31.0 Å². The largest absolute Gasteiger partial charge is 0.369 e. The van der Waals surface area contributed by atoms with Crippen molar-refractivity contribution in [1.82, 2.24) is 14.9 Å². The van der Waals surface area contributed by atoms with Gasteiger partial charge in [-0.25, -0.2) is 4.98 Å². The molecule has 1 rings (SSSR count). The molecule has 0 fully saturated rings. The van der Waals surface area contributed by atoms with Gasteiger partial charge in [0.1, 0.15) is 11.6 Å². The Bertz CT molecular complexity index is 439. The number of carbonyl (C=O) groups is 1. The van der Waals surface area contributed by atoms with Crippen molar-refractivity contribution in [3.8, 4) is 0 Å². The summed E-state index contributed by atoms with van der Waals surface area (Å²) in [7, 11) is 3.42. The molecular weight excluding hydrogens is 220 g/mol. The van der Waals surface area contributed by atoms with Crippen molar-refractivity contribution in [2.45, 2.75) is 19.8 Å². The first-order chi connectivity index (χ1) is 8.02. The summed E-state index contributed by atoms with van der Waals surface area (Å²) < 4.78 is 0. The number of aromatic nitrogens is 2. The molecule has 0 bridgehead atoms. The molecule has 0 aromatic carbocycles. The highest BCUT2D eigenvalue weighted by molar-refractivity contribution is 5.76.